The Morgan fingerprint density at radius 3 is 3.06 bits per heavy atom. The average Bonchev–Trinajstić information content (AvgIpc) is 2.82. The second-order valence-electron chi connectivity index (χ2n) is 4.29. The fourth-order valence-corrected chi connectivity index (χ4v) is 1.88. The topological polar surface area (TPSA) is 58.6 Å². The van der Waals surface area contributed by atoms with Crippen molar-refractivity contribution in [2.75, 3.05) is 11.9 Å². The van der Waals surface area contributed by atoms with Crippen molar-refractivity contribution in [3.05, 3.63) is 29.8 Å². The number of carbonyl (C=O) groups excluding carboxylic acids is 1. The molecule has 0 radical (unpaired) electrons. The van der Waals surface area contributed by atoms with Gasteiger partial charge in [-0.15, -0.1) is 0 Å². The Labute approximate surface area is 101 Å². The van der Waals surface area contributed by atoms with Gasteiger partial charge in [0.25, 0.3) is 5.91 Å². The van der Waals surface area contributed by atoms with Crippen LogP contribution in [0.4, 0.5) is 5.69 Å². The second kappa shape index (κ2) is 5.29. The molecule has 1 aromatic carbocycles. The number of carbonyl (C=O) groups is 1. The fraction of sp³-hybridized carbons (Fsp3) is 0.462. The van der Waals surface area contributed by atoms with E-state index < -0.39 is 6.10 Å². The zero-order valence-corrected chi connectivity index (χ0v) is 9.85. The third-order valence-electron chi connectivity index (χ3n) is 2.86. The first-order valence-electron chi connectivity index (χ1n) is 5.87. The summed E-state index contributed by atoms with van der Waals surface area (Å²) in [5.74, 6) is -0.106. The Hall–Kier alpha value is -1.39. The number of amides is 1. The van der Waals surface area contributed by atoms with Crippen LogP contribution in [0, 0.1) is 0 Å². The smallest absolute Gasteiger partial charge is 0.253 e. The summed E-state index contributed by atoms with van der Waals surface area (Å²) in [6.07, 6.45) is 0.855. The lowest BCUT2D eigenvalue weighted by Gasteiger charge is -2.12. The number of ether oxygens (including phenoxy) is 1. The van der Waals surface area contributed by atoms with Gasteiger partial charge in [-0.3, -0.25) is 4.79 Å². The molecule has 1 fully saturated rings. The molecule has 1 heterocycles. The van der Waals surface area contributed by atoms with Crippen molar-refractivity contribution < 1.29 is 14.6 Å². The van der Waals surface area contributed by atoms with E-state index in [9.17, 15) is 9.90 Å². The quantitative estimate of drug-likeness (QED) is 0.840. The van der Waals surface area contributed by atoms with Crippen LogP contribution >= 0.6 is 0 Å². The third-order valence-corrected chi connectivity index (χ3v) is 2.86. The average molecular weight is 235 g/mol. The zero-order valence-electron chi connectivity index (χ0n) is 9.85. The molecule has 1 saturated heterocycles. The highest BCUT2D eigenvalue weighted by atomic mass is 16.5. The van der Waals surface area contributed by atoms with E-state index in [1.807, 2.05) is 12.1 Å². The van der Waals surface area contributed by atoms with Gasteiger partial charge in [0.15, 0.2) is 0 Å². The van der Waals surface area contributed by atoms with Gasteiger partial charge in [0.1, 0.15) is 6.10 Å². The van der Waals surface area contributed by atoms with E-state index in [1.165, 1.54) is 0 Å². The minimum atomic E-state index is -0.533. The van der Waals surface area contributed by atoms with Crippen molar-refractivity contribution in [3.8, 4) is 0 Å². The van der Waals surface area contributed by atoms with Crippen LogP contribution in [0.15, 0.2) is 24.3 Å². The lowest BCUT2D eigenvalue weighted by atomic mass is 10.1. The number of benzene rings is 1. The van der Waals surface area contributed by atoms with Crippen LogP contribution in [0.2, 0.25) is 0 Å². The molecular formula is C13H17NO3. The van der Waals surface area contributed by atoms with Gasteiger partial charge in [0, 0.05) is 12.3 Å². The molecule has 4 heteroatoms. The molecule has 0 saturated carbocycles. The number of rotatable bonds is 3. The summed E-state index contributed by atoms with van der Waals surface area (Å²) in [6, 6.07) is 7.22. The molecule has 2 atom stereocenters. The summed E-state index contributed by atoms with van der Waals surface area (Å²) in [5, 5.41) is 12.3. The van der Waals surface area contributed by atoms with E-state index in [1.54, 1.807) is 19.1 Å². The van der Waals surface area contributed by atoms with Gasteiger partial charge in [0.2, 0.25) is 0 Å². The summed E-state index contributed by atoms with van der Waals surface area (Å²) < 4.78 is 5.30. The first kappa shape index (κ1) is 12.1. The molecule has 1 aromatic rings. The Morgan fingerprint density at radius 2 is 2.41 bits per heavy atom. The fourth-order valence-electron chi connectivity index (χ4n) is 1.88. The summed E-state index contributed by atoms with van der Waals surface area (Å²) in [7, 11) is 0. The maximum absolute atomic E-state index is 11.8. The number of aliphatic hydroxyl groups is 1. The van der Waals surface area contributed by atoms with Crippen molar-refractivity contribution in [1.29, 1.82) is 0 Å². The van der Waals surface area contributed by atoms with E-state index >= 15 is 0 Å². The Balaban J connectivity index is 2.02. The summed E-state index contributed by atoms with van der Waals surface area (Å²) in [6.45, 7) is 2.35. The highest BCUT2D eigenvalue weighted by Gasteiger charge is 2.23. The van der Waals surface area contributed by atoms with Crippen LogP contribution in [0.25, 0.3) is 0 Å². The summed E-state index contributed by atoms with van der Waals surface area (Å²) in [4.78, 5) is 11.8. The Bertz CT molecular complexity index is 397. The molecule has 92 valence electrons. The number of nitrogens with one attached hydrogen (secondary N) is 1. The lowest BCUT2D eigenvalue weighted by molar-refractivity contribution is -0.124. The van der Waals surface area contributed by atoms with E-state index in [-0.39, 0.29) is 12.0 Å². The molecule has 1 aliphatic rings. The minimum absolute atomic E-state index is 0.106. The first-order chi connectivity index (χ1) is 8.16. The number of anilines is 1. The van der Waals surface area contributed by atoms with Crippen molar-refractivity contribution >= 4 is 11.6 Å². The molecule has 0 bridgehead atoms. The van der Waals surface area contributed by atoms with Crippen molar-refractivity contribution in [2.24, 2.45) is 0 Å². The lowest BCUT2D eigenvalue weighted by Crippen LogP contribution is -2.26. The van der Waals surface area contributed by atoms with Gasteiger partial charge in [-0.05, 0) is 37.5 Å². The van der Waals surface area contributed by atoms with Gasteiger partial charge in [-0.1, -0.05) is 12.1 Å². The van der Waals surface area contributed by atoms with Crippen LogP contribution in [0.1, 0.15) is 31.4 Å². The second-order valence-corrected chi connectivity index (χ2v) is 4.29. The van der Waals surface area contributed by atoms with Crippen molar-refractivity contribution in [2.45, 2.75) is 32.0 Å². The minimum Gasteiger partial charge on any atom is -0.389 e. The molecular weight excluding hydrogens is 218 g/mol. The first-order valence-corrected chi connectivity index (χ1v) is 5.87. The van der Waals surface area contributed by atoms with Crippen LogP contribution in [-0.4, -0.2) is 23.7 Å². The largest absolute Gasteiger partial charge is 0.389 e. The third kappa shape index (κ3) is 3.05. The van der Waals surface area contributed by atoms with E-state index in [0.29, 0.717) is 12.3 Å². The van der Waals surface area contributed by atoms with E-state index in [0.717, 1.165) is 18.4 Å². The molecule has 1 aliphatic heterocycles. The van der Waals surface area contributed by atoms with Crippen LogP contribution in [0.3, 0.4) is 0 Å². The number of hydrogen-bond acceptors (Lipinski definition) is 3. The monoisotopic (exact) mass is 235 g/mol. The molecule has 2 rings (SSSR count). The zero-order chi connectivity index (χ0) is 12.3. The predicted molar refractivity (Wildman–Crippen MR) is 64.7 cm³/mol. The van der Waals surface area contributed by atoms with Crippen LogP contribution < -0.4 is 5.32 Å². The standard InChI is InChI=1S/C13H17NO3/c1-9(15)10-4-2-5-11(8-10)14-13(16)12-6-3-7-17-12/h2,4-5,8-9,12,15H,3,6-7H2,1H3,(H,14,16)/t9-,12-/m1/s1. The maximum atomic E-state index is 11.8. The van der Waals surface area contributed by atoms with Crippen molar-refractivity contribution in [1.82, 2.24) is 0 Å². The summed E-state index contributed by atoms with van der Waals surface area (Å²) >= 11 is 0. The van der Waals surface area contributed by atoms with Crippen LogP contribution in [-0.2, 0) is 9.53 Å². The number of aliphatic hydroxyl groups excluding tert-OH is 1. The molecule has 0 aliphatic carbocycles. The Morgan fingerprint density at radius 1 is 1.59 bits per heavy atom. The van der Waals surface area contributed by atoms with Gasteiger partial charge in [-0.2, -0.15) is 0 Å². The highest BCUT2D eigenvalue weighted by Crippen LogP contribution is 2.19. The van der Waals surface area contributed by atoms with Crippen LogP contribution in [0.5, 0.6) is 0 Å². The normalized spacial score (nSPS) is 21.2. The number of hydrogen-bond donors (Lipinski definition) is 2. The highest BCUT2D eigenvalue weighted by molar-refractivity contribution is 5.94. The van der Waals surface area contributed by atoms with Crippen molar-refractivity contribution in [3.63, 3.8) is 0 Å². The molecule has 4 nitrogen and oxygen atoms in total. The molecule has 17 heavy (non-hydrogen) atoms. The summed E-state index contributed by atoms with van der Waals surface area (Å²) in [5.41, 5.74) is 1.49. The van der Waals surface area contributed by atoms with Gasteiger partial charge in [0.05, 0.1) is 6.10 Å². The molecule has 0 unspecified atom stereocenters. The molecule has 1 amide bonds. The SMILES string of the molecule is C[C@@H](O)c1cccc(NC(=O)[C@H]2CCCO2)c1. The van der Waals surface area contributed by atoms with E-state index in [2.05, 4.69) is 5.32 Å². The molecule has 0 spiro atoms. The molecule has 2 N–H and O–H groups in total. The Kier molecular flexibility index (Phi) is 3.76. The maximum Gasteiger partial charge on any atom is 0.253 e. The van der Waals surface area contributed by atoms with E-state index in [4.69, 9.17) is 4.74 Å². The predicted octanol–water partition coefficient (Wildman–Crippen LogP) is 1.86. The molecule has 0 aromatic heterocycles. The van der Waals surface area contributed by atoms with Gasteiger partial charge < -0.3 is 15.2 Å². The van der Waals surface area contributed by atoms with Gasteiger partial charge in [-0.25, -0.2) is 0 Å². The van der Waals surface area contributed by atoms with Gasteiger partial charge >= 0.3 is 0 Å².